The first-order chi connectivity index (χ1) is 13.8. The van der Waals surface area contributed by atoms with Gasteiger partial charge in [0.25, 0.3) is 17.7 Å². The van der Waals surface area contributed by atoms with Gasteiger partial charge in [-0.15, -0.1) is 0 Å². The number of benzene rings is 2. The molecule has 0 aliphatic carbocycles. The number of carbonyl (C=O) groups excluding carboxylic acids is 3. The lowest BCUT2D eigenvalue weighted by Gasteiger charge is -2.25. The summed E-state index contributed by atoms with van der Waals surface area (Å²) < 4.78 is 5.63. The summed E-state index contributed by atoms with van der Waals surface area (Å²) in [6.45, 7) is 3.92. The number of ether oxygens (including phenoxy) is 1. The van der Waals surface area contributed by atoms with Gasteiger partial charge >= 0.3 is 0 Å². The highest BCUT2D eigenvalue weighted by Gasteiger charge is 2.33. The van der Waals surface area contributed by atoms with Gasteiger partial charge in [-0.25, -0.2) is 5.48 Å². The average molecular weight is 399 g/mol. The maximum atomic E-state index is 12.7. The third-order valence-electron chi connectivity index (χ3n) is 4.25. The SMILES string of the molecule is CNC(=O)C(C(=O)NO)N(C)C(=O)c1ccc(-c2ccc(OC(C)C)cc2)cc1. The zero-order valence-electron chi connectivity index (χ0n) is 16.8. The fraction of sp³-hybridized carbons (Fsp3) is 0.286. The molecule has 8 heteroatoms. The molecule has 0 aromatic heterocycles. The predicted octanol–water partition coefficient (Wildman–Crippen LogP) is 1.83. The van der Waals surface area contributed by atoms with E-state index < -0.39 is 23.8 Å². The number of carbonyl (C=O) groups is 3. The summed E-state index contributed by atoms with van der Waals surface area (Å²) in [6.07, 6.45) is 0.0923. The summed E-state index contributed by atoms with van der Waals surface area (Å²) in [6, 6.07) is 12.9. The van der Waals surface area contributed by atoms with E-state index in [1.54, 1.807) is 24.3 Å². The number of hydrogen-bond acceptors (Lipinski definition) is 5. The molecule has 0 aliphatic heterocycles. The molecule has 1 unspecified atom stereocenters. The van der Waals surface area contributed by atoms with E-state index in [0.717, 1.165) is 21.8 Å². The molecule has 1 atom stereocenters. The highest BCUT2D eigenvalue weighted by molar-refractivity contribution is 6.08. The Kier molecular flexibility index (Phi) is 7.33. The largest absolute Gasteiger partial charge is 0.491 e. The van der Waals surface area contributed by atoms with Crippen LogP contribution in [0.1, 0.15) is 24.2 Å². The highest BCUT2D eigenvalue weighted by Crippen LogP contribution is 2.23. The minimum absolute atomic E-state index is 0.0923. The van der Waals surface area contributed by atoms with Gasteiger partial charge in [-0.05, 0) is 49.2 Å². The molecule has 2 aromatic carbocycles. The molecule has 154 valence electrons. The molecular formula is C21H25N3O5. The third-order valence-corrected chi connectivity index (χ3v) is 4.25. The number of amides is 3. The number of hydroxylamine groups is 1. The minimum Gasteiger partial charge on any atom is -0.491 e. The highest BCUT2D eigenvalue weighted by atomic mass is 16.5. The number of hydrogen-bond donors (Lipinski definition) is 3. The van der Waals surface area contributed by atoms with E-state index in [0.29, 0.717) is 5.56 Å². The van der Waals surface area contributed by atoms with E-state index in [2.05, 4.69) is 5.32 Å². The zero-order valence-corrected chi connectivity index (χ0v) is 16.8. The summed E-state index contributed by atoms with van der Waals surface area (Å²) >= 11 is 0. The van der Waals surface area contributed by atoms with Crippen molar-refractivity contribution in [2.45, 2.75) is 26.0 Å². The molecule has 0 bridgehead atoms. The lowest BCUT2D eigenvalue weighted by molar-refractivity contribution is -0.140. The molecular weight excluding hydrogens is 374 g/mol. The van der Waals surface area contributed by atoms with Crippen molar-refractivity contribution in [2.75, 3.05) is 14.1 Å². The normalized spacial score (nSPS) is 11.5. The topological polar surface area (TPSA) is 108 Å². The van der Waals surface area contributed by atoms with Gasteiger partial charge in [-0.1, -0.05) is 24.3 Å². The molecule has 2 aromatic rings. The van der Waals surface area contributed by atoms with Crippen molar-refractivity contribution in [1.29, 1.82) is 0 Å². The van der Waals surface area contributed by atoms with E-state index in [9.17, 15) is 14.4 Å². The van der Waals surface area contributed by atoms with Crippen molar-refractivity contribution < 1.29 is 24.3 Å². The Balaban J connectivity index is 2.19. The first-order valence-electron chi connectivity index (χ1n) is 9.08. The second kappa shape index (κ2) is 9.70. The van der Waals surface area contributed by atoms with Gasteiger partial charge in [0.2, 0.25) is 0 Å². The van der Waals surface area contributed by atoms with Gasteiger partial charge in [0.05, 0.1) is 6.10 Å². The second-order valence-corrected chi connectivity index (χ2v) is 6.68. The molecule has 2 rings (SSSR count). The van der Waals surface area contributed by atoms with Crippen LogP contribution in [-0.4, -0.2) is 54.1 Å². The van der Waals surface area contributed by atoms with Crippen LogP contribution in [0.4, 0.5) is 0 Å². The molecule has 0 spiro atoms. The van der Waals surface area contributed by atoms with Gasteiger partial charge < -0.3 is 15.0 Å². The van der Waals surface area contributed by atoms with Gasteiger partial charge in [-0.3, -0.25) is 19.6 Å². The smallest absolute Gasteiger partial charge is 0.275 e. The Bertz CT molecular complexity index is 847. The first-order valence-corrected chi connectivity index (χ1v) is 9.08. The van der Waals surface area contributed by atoms with Crippen molar-refractivity contribution >= 4 is 17.7 Å². The van der Waals surface area contributed by atoms with E-state index in [1.165, 1.54) is 19.6 Å². The molecule has 0 saturated carbocycles. The van der Waals surface area contributed by atoms with Gasteiger partial charge in [0, 0.05) is 19.7 Å². The maximum absolute atomic E-state index is 12.7. The van der Waals surface area contributed by atoms with Crippen LogP contribution in [0.5, 0.6) is 5.75 Å². The van der Waals surface area contributed by atoms with Crippen LogP contribution >= 0.6 is 0 Å². The number of likely N-dealkylation sites (N-methyl/N-ethyl adjacent to an activating group) is 2. The van der Waals surface area contributed by atoms with E-state index >= 15 is 0 Å². The molecule has 0 fully saturated rings. The summed E-state index contributed by atoms with van der Waals surface area (Å²) in [5, 5.41) is 11.2. The summed E-state index contributed by atoms with van der Waals surface area (Å²) in [5.41, 5.74) is 3.57. The monoisotopic (exact) mass is 399 g/mol. The fourth-order valence-corrected chi connectivity index (χ4v) is 2.79. The molecule has 0 heterocycles. The van der Waals surface area contributed by atoms with E-state index in [-0.39, 0.29) is 6.10 Å². The minimum atomic E-state index is -1.49. The van der Waals surface area contributed by atoms with Crippen molar-refractivity contribution in [3.63, 3.8) is 0 Å². The standard InChI is InChI=1S/C21H25N3O5/c1-13(2)29-17-11-9-15(10-12-17)14-5-7-16(8-6-14)21(27)24(4)18(19(25)22-3)20(26)23-28/h5-13,18,28H,1-4H3,(H,22,25)(H,23,26). The van der Waals surface area contributed by atoms with Crippen LogP contribution in [0, 0.1) is 0 Å². The van der Waals surface area contributed by atoms with Crippen molar-refractivity contribution in [2.24, 2.45) is 0 Å². The van der Waals surface area contributed by atoms with Crippen LogP contribution in [0.25, 0.3) is 11.1 Å². The number of nitrogens with one attached hydrogen (secondary N) is 2. The molecule has 29 heavy (non-hydrogen) atoms. The first kappa shape index (κ1) is 21.9. The lowest BCUT2D eigenvalue weighted by atomic mass is 10.0. The van der Waals surface area contributed by atoms with Crippen LogP contribution in [-0.2, 0) is 9.59 Å². The quantitative estimate of drug-likeness (QED) is 0.374. The van der Waals surface area contributed by atoms with Crippen LogP contribution in [0.15, 0.2) is 48.5 Å². The third kappa shape index (κ3) is 5.32. The van der Waals surface area contributed by atoms with Crippen molar-refractivity contribution in [3.8, 4) is 16.9 Å². The van der Waals surface area contributed by atoms with Crippen LogP contribution in [0.3, 0.4) is 0 Å². The zero-order chi connectivity index (χ0) is 21.6. The van der Waals surface area contributed by atoms with Gasteiger partial charge in [0.1, 0.15) is 5.75 Å². The van der Waals surface area contributed by atoms with Gasteiger partial charge in [0.15, 0.2) is 6.04 Å². The van der Waals surface area contributed by atoms with Crippen LogP contribution in [0.2, 0.25) is 0 Å². The van der Waals surface area contributed by atoms with E-state index in [1.807, 2.05) is 38.1 Å². The van der Waals surface area contributed by atoms with E-state index in [4.69, 9.17) is 9.94 Å². The molecule has 3 N–H and O–H groups in total. The summed E-state index contributed by atoms with van der Waals surface area (Å²) in [4.78, 5) is 37.4. The Morgan fingerprint density at radius 3 is 1.90 bits per heavy atom. The van der Waals surface area contributed by atoms with Gasteiger partial charge in [-0.2, -0.15) is 0 Å². The van der Waals surface area contributed by atoms with Crippen molar-refractivity contribution in [3.05, 3.63) is 54.1 Å². The number of rotatable bonds is 7. The maximum Gasteiger partial charge on any atom is 0.275 e. The lowest BCUT2D eigenvalue weighted by Crippen LogP contribution is -2.54. The molecule has 0 saturated heterocycles. The van der Waals surface area contributed by atoms with Crippen LogP contribution < -0.4 is 15.5 Å². The summed E-state index contributed by atoms with van der Waals surface area (Å²) in [7, 11) is 2.66. The fourth-order valence-electron chi connectivity index (χ4n) is 2.79. The Morgan fingerprint density at radius 1 is 0.931 bits per heavy atom. The molecule has 0 aliphatic rings. The number of nitrogens with zero attached hydrogens (tertiary/aromatic N) is 1. The van der Waals surface area contributed by atoms with Crippen molar-refractivity contribution in [1.82, 2.24) is 15.7 Å². The molecule has 3 amide bonds. The summed E-state index contributed by atoms with van der Waals surface area (Å²) in [5.74, 6) is -1.47. The average Bonchev–Trinajstić information content (AvgIpc) is 2.73. The molecule has 0 radical (unpaired) electrons. The molecule has 8 nitrogen and oxygen atoms in total. The predicted molar refractivity (Wildman–Crippen MR) is 108 cm³/mol. The Morgan fingerprint density at radius 2 is 1.45 bits per heavy atom. The Hall–Kier alpha value is -3.39. The Labute approximate surface area is 169 Å². The second-order valence-electron chi connectivity index (χ2n) is 6.68.